The number of rotatable bonds is 14. The lowest BCUT2D eigenvalue weighted by atomic mass is 9.98. The Kier molecular flexibility index (Phi) is 13.1. The lowest BCUT2D eigenvalue weighted by molar-refractivity contribution is -0.143. The molecule has 0 aliphatic rings. The molecule has 0 spiro atoms. The van der Waals surface area contributed by atoms with E-state index >= 15 is 0 Å². The fourth-order valence-electron chi connectivity index (χ4n) is 4.07. The van der Waals surface area contributed by atoms with Gasteiger partial charge in [-0.25, -0.2) is 4.79 Å². The molecule has 1 aromatic rings. The van der Waals surface area contributed by atoms with Crippen LogP contribution in [0.25, 0.3) is 0 Å². The highest BCUT2D eigenvalue weighted by molar-refractivity contribution is 5.93. The van der Waals surface area contributed by atoms with Gasteiger partial charge < -0.3 is 31.1 Å². The van der Waals surface area contributed by atoms with E-state index in [2.05, 4.69) is 10.6 Å². The number of nitrogens with two attached hydrogens (primary N) is 1. The molecule has 0 heterocycles. The number of nitrogens with one attached hydrogen (secondary N) is 2. The summed E-state index contributed by atoms with van der Waals surface area (Å²) in [6, 6.07) is 2.55. The van der Waals surface area contributed by atoms with E-state index in [1.54, 1.807) is 45.9 Å². The first-order valence-corrected chi connectivity index (χ1v) is 13.4. The molecule has 0 saturated heterocycles. The predicted molar refractivity (Wildman–Crippen MR) is 146 cm³/mol. The topological polar surface area (TPSA) is 151 Å². The summed E-state index contributed by atoms with van der Waals surface area (Å²) in [5.41, 5.74) is 5.37. The van der Waals surface area contributed by atoms with Gasteiger partial charge in [-0.15, -0.1) is 0 Å². The minimum atomic E-state index is -1.18. The summed E-state index contributed by atoms with van der Waals surface area (Å²) >= 11 is 0. The van der Waals surface area contributed by atoms with Crippen LogP contribution in [-0.2, 0) is 19.1 Å². The number of para-hydroxylation sites is 1. The number of phenols is 1. The quantitative estimate of drug-likeness (QED) is 0.285. The van der Waals surface area contributed by atoms with E-state index in [9.17, 15) is 24.3 Å². The second-order valence-electron chi connectivity index (χ2n) is 10.7. The van der Waals surface area contributed by atoms with Crippen molar-refractivity contribution in [2.75, 3.05) is 6.54 Å². The molecule has 1 aromatic carbocycles. The zero-order valence-corrected chi connectivity index (χ0v) is 23.9. The smallest absolute Gasteiger partial charge is 0.408 e. The molecule has 0 saturated carbocycles. The normalized spacial score (nSPS) is 13.7. The van der Waals surface area contributed by atoms with Crippen LogP contribution in [0.5, 0.6) is 5.75 Å². The number of benzene rings is 1. The van der Waals surface area contributed by atoms with Crippen LogP contribution in [-0.4, -0.2) is 58.1 Å². The van der Waals surface area contributed by atoms with Crippen LogP contribution < -0.4 is 16.4 Å². The molecule has 4 amide bonds. The minimum Gasteiger partial charge on any atom is -0.507 e. The summed E-state index contributed by atoms with van der Waals surface area (Å²) in [5, 5.41) is 16.5. The fourth-order valence-corrected chi connectivity index (χ4v) is 4.07. The van der Waals surface area contributed by atoms with Crippen molar-refractivity contribution in [2.45, 2.75) is 111 Å². The Morgan fingerprint density at radius 1 is 1.08 bits per heavy atom. The van der Waals surface area contributed by atoms with E-state index < -0.39 is 41.5 Å². The number of amides is 4. The van der Waals surface area contributed by atoms with Gasteiger partial charge in [-0.3, -0.25) is 14.4 Å². The van der Waals surface area contributed by atoms with Gasteiger partial charge in [0.15, 0.2) is 0 Å². The van der Waals surface area contributed by atoms with E-state index in [0.29, 0.717) is 12.0 Å². The minimum absolute atomic E-state index is 0.0730. The van der Waals surface area contributed by atoms with Gasteiger partial charge >= 0.3 is 6.09 Å². The van der Waals surface area contributed by atoms with E-state index in [4.69, 9.17) is 10.5 Å². The maximum atomic E-state index is 14.0. The van der Waals surface area contributed by atoms with E-state index in [1.165, 1.54) is 4.90 Å². The average molecular weight is 535 g/mol. The number of hydrogen-bond acceptors (Lipinski definition) is 6. The van der Waals surface area contributed by atoms with Crippen LogP contribution in [0.2, 0.25) is 0 Å². The number of carbonyl (C=O) groups excluding carboxylic acids is 4. The second kappa shape index (κ2) is 15.2. The van der Waals surface area contributed by atoms with Crippen LogP contribution in [0.1, 0.15) is 97.2 Å². The van der Waals surface area contributed by atoms with Crippen molar-refractivity contribution in [3.8, 4) is 5.75 Å². The molecule has 3 unspecified atom stereocenters. The summed E-state index contributed by atoms with van der Waals surface area (Å²) < 4.78 is 5.34. The Labute approximate surface area is 226 Å². The van der Waals surface area contributed by atoms with Crippen molar-refractivity contribution >= 4 is 23.8 Å². The molecule has 0 aromatic heterocycles. The van der Waals surface area contributed by atoms with Crippen molar-refractivity contribution in [1.29, 1.82) is 0 Å². The van der Waals surface area contributed by atoms with Gasteiger partial charge in [0.05, 0.1) is 0 Å². The average Bonchev–Trinajstić information content (AvgIpc) is 2.80. The molecule has 38 heavy (non-hydrogen) atoms. The third-order valence-electron chi connectivity index (χ3n) is 5.94. The van der Waals surface area contributed by atoms with E-state index in [0.717, 1.165) is 19.3 Å². The highest BCUT2D eigenvalue weighted by atomic mass is 16.6. The molecule has 5 N–H and O–H groups in total. The maximum absolute atomic E-state index is 14.0. The summed E-state index contributed by atoms with van der Waals surface area (Å²) in [5.74, 6) is -1.73. The van der Waals surface area contributed by atoms with Crippen molar-refractivity contribution in [1.82, 2.24) is 15.5 Å². The first kappa shape index (κ1) is 32.7. The fraction of sp³-hybridized carbons (Fsp3) is 0.643. The van der Waals surface area contributed by atoms with Gasteiger partial charge in [-0.05, 0) is 59.4 Å². The molecule has 10 heteroatoms. The largest absolute Gasteiger partial charge is 0.507 e. The zero-order chi connectivity index (χ0) is 29.0. The molecular weight excluding hydrogens is 488 g/mol. The van der Waals surface area contributed by atoms with Crippen LogP contribution in [0.4, 0.5) is 4.79 Å². The molecule has 10 nitrogen and oxygen atoms in total. The second-order valence-corrected chi connectivity index (χ2v) is 10.7. The number of nitrogens with zero attached hydrogens (tertiary/aromatic N) is 1. The molecule has 0 aliphatic carbocycles. The van der Waals surface area contributed by atoms with Crippen molar-refractivity contribution < 1.29 is 29.0 Å². The van der Waals surface area contributed by atoms with Crippen molar-refractivity contribution in [3.05, 3.63) is 29.3 Å². The first-order valence-electron chi connectivity index (χ1n) is 13.4. The van der Waals surface area contributed by atoms with E-state index in [-0.39, 0.29) is 36.7 Å². The highest BCUT2D eigenvalue weighted by Gasteiger charge is 2.37. The number of primary amides is 1. The molecule has 0 radical (unpaired) electrons. The lowest BCUT2D eigenvalue weighted by Gasteiger charge is -2.35. The van der Waals surface area contributed by atoms with E-state index in [1.807, 2.05) is 20.8 Å². The molecular formula is C28H46N4O6. The lowest BCUT2D eigenvalue weighted by Crippen LogP contribution is -2.54. The summed E-state index contributed by atoms with van der Waals surface area (Å²) in [7, 11) is 0. The van der Waals surface area contributed by atoms with Gasteiger partial charge in [0.1, 0.15) is 23.4 Å². The molecule has 0 aliphatic heterocycles. The number of aromatic hydroxyl groups is 1. The Balaban J connectivity index is 3.57. The third kappa shape index (κ3) is 10.6. The monoisotopic (exact) mass is 534 g/mol. The maximum Gasteiger partial charge on any atom is 0.408 e. The number of alkyl carbamates (subject to hydrolysis) is 1. The first-order chi connectivity index (χ1) is 17.7. The predicted octanol–water partition coefficient (Wildman–Crippen LogP) is 3.83. The summed E-state index contributed by atoms with van der Waals surface area (Å²) in [6.07, 6.45) is 1.84. The number of aryl methyl sites for hydroxylation is 1. The van der Waals surface area contributed by atoms with Gasteiger partial charge in [-0.2, -0.15) is 0 Å². The molecule has 0 bridgehead atoms. The van der Waals surface area contributed by atoms with Gasteiger partial charge in [0.2, 0.25) is 17.7 Å². The number of phenolic OH excluding ortho intramolecular Hbond substituents is 1. The Hall–Kier alpha value is -3.30. The summed E-state index contributed by atoms with van der Waals surface area (Å²) in [6.45, 7) is 12.8. The Morgan fingerprint density at radius 2 is 1.74 bits per heavy atom. The van der Waals surface area contributed by atoms with Crippen LogP contribution >= 0.6 is 0 Å². The molecule has 0 fully saturated rings. The van der Waals surface area contributed by atoms with Gasteiger partial charge in [0, 0.05) is 24.6 Å². The number of ether oxygens (including phenoxy) is 1. The Morgan fingerprint density at radius 3 is 2.29 bits per heavy atom. The summed E-state index contributed by atoms with van der Waals surface area (Å²) in [4.78, 5) is 53.3. The van der Waals surface area contributed by atoms with Crippen LogP contribution in [0, 0.1) is 6.92 Å². The number of carbonyl (C=O) groups is 4. The van der Waals surface area contributed by atoms with Crippen LogP contribution in [0.3, 0.4) is 0 Å². The molecule has 214 valence electrons. The highest BCUT2D eigenvalue weighted by Crippen LogP contribution is 2.33. The van der Waals surface area contributed by atoms with Gasteiger partial charge in [0.25, 0.3) is 0 Å². The molecule has 1 rings (SSSR count). The van der Waals surface area contributed by atoms with Crippen molar-refractivity contribution in [2.24, 2.45) is 5.73 Å². The Bertz CT molecular complexity index is 959. The standard InChI is InChI=1S/C28H46N4O6/c1-8-10-17-32(26(36)21(15-16-22(29)33)31-27(37)38-28(5,6)7)23(25(35)30-19(4)12-9-2)20-14-11-13-18(3)24(20)34/h11,13-14,19,21,23,34H,8-10,12,15-17H2,1-7H3,(H2,29,33)(H,30,35)(H,31,37). The molecule has 3 atom stereocenters. The van der Waals surface area contributed by atoms with Gasteiger partial charge in [-0.1, -0.05) is 44.9 Å². The third-order valence-corrected chi connectivity index (χ3v) is 5.94. The number of hydrogen-bond donors (Lipinski definition) is 4. The SMILES string of the molecule is CCCCN(C(=O)C(CCC(N)=O)NC(=O)OC(C)(C)C)C(C(=O)NC(C)CCC)c1cccc(C)c1O. The van der Waals surface area contributed by atoms with Crippen LogP contribution in [0.15, 0.2) is 18.2 Å². The zero-order valence-electron chi connectivity index (χ0n) is 23.9. The number of unbranched alkanes of at least 4 members (excludes halogenated alkanes) is 1. The van der Waals surface area contributed by atoms with Crippen molar-refractivity contribution in [3.63, 3.8) is 0 Å².